The number of hydrogen-bond donors (Lipinski definition) is 14. The minimum absolute atomic E-state index is 0.0125. The third-order valence-corrected chi connectivity index (χ3v) is 22.1. The number of carbonyl (C=O) groups excluding carboxylic acids is 2. The molecule has 29 nitrogen and oxygen atoms in total. The molecular formula is C66H56Br4Cl2N12O17S8. The summed E-state index contributed by atoms with van der Waals surface area (Å²) in [7, 11) is -19.9. The summed E-state index contributed by atoms with van der Waals surface area (Å²) in [6.45, 7) is -0.408. The molecule has 109 heavy (non-hydrogen) atoms. The molecule has 0 saturated heterocycles. The largest absolute Gasteiger partial charge is 0.506 e. The second kappa shape index (κ2) is 38.8. The number of hydrogen-bond acceptors (Lipinski definition) is 19. The van der Waals surface area contributed by atoms with Crippen molar-refractivity contribution in [2.45, 2.75) is 19.6 Å². The second-order valence-electron chi connectivity index (χ2n) is 22.2. The molecule has 0 saturated carbocycles. The van der Waals surface area contributed by atoms with Gasteiger partial charge in [0.2, 0.25) is 0 Å². The Bertz CT molecular complexity index is 5110. The first-order valence-corrected chi connectivity index (χ1v) is 41.8. The number of nitrogens with one attached hydrogen (secondary N) is 8. The quantitative estimate of drug-likeness (QED) is 0.00541. The van der Waals surface area contributed by atoms with Crippen LogP contribution in [0.3, 0.4) is 0 Å². The minimum atomic E-state index is -4.99. The molecule has 0 aromatic heterocycles. The summed E-state index contributed by atoms with van der Waals surface area (Å²) in [5, 5.41) is 45.7. The lowest BCUT2D eigenvalue weighted by Crippen LogP contribution is -2.41. The Balaban J connectivity index is 0.817. The van der Waals surface area contributed by atoms with Gasteiger partial charge in [-0.15, -0.1) is 0 Å². The van der Waals surface area contributed by atoms with Crippen molar-refractivity contribution in [2.24, 2.45) is 10.2 Å². The molecule has 0 aliphatic carbocycles. The van der Waals surface area contributed by atoms with Gasteiger partial charge in [-0.2, -0.15) is 43.9 Å². The first-order chi connectivity index (χ1) is 51.3. The van der Waals surface area contributed by atoms with Gasteiger partial charge in [-0.25, -0.2) is 10.9 Å². The van der Waals surface area contributed by atoms with Crippen molar-refractivity contribution in [3.05, 3.63) is 207 Å². The molecule has 8 rings (SSSR count). The number of carbonyl (C=O) groups is 2. The van der Waals surface area contributed by atoms with Crippen LogP contribution in [0.5, 0.6) is 11.5 Å². The molecule has 0 aliphatic heterocycles. The highest BCUT2D eigenvalue weighted by molar-refractivity contribution is 9.11. The molecule has 0 spiro atoms. The van der Waals surface area contributed by atoms with Crippen LogP contribution in [0.1, 0.15) is 33.4 Å². The molecule has 14 N–H and O–H groups in total. The van der Waals surface area contributed by atoms with Crippen molar-refractivity contribution >= 4 is 279 Å². The number of nitrogens with zero attached hydrogens (tertiary/aromatic N) is 4. The van der Waals surface area contributed by atoms with Crippen LogP contribution in [0.2, 0.25) is 10.0 Å². The van der Waals surface area contributed by atoms with Gasteiger partial charge in [0, 0.05) is 57.3 Å². The monoisotopic (exact) mass is 1930 g/mol. The number of ether oxygens (including phenoxy) is 1. The number of aromatic hydroxyl groups is 2. The molecular weight excluding hydrogens is 1880 g/mol. The molecule has 43 heteroatoms. The van der Waals surface area contributed by atoms with Crippen LogP contribution in [-0.2, 0) is 54.8 Å². The van der Waals surface area contributed by atoms with Gasteiger partial charge in [-0.05, 0) is 267 Å². The van der Waals surface area contributed by atoms with Gasteiger partial charge in [0.15, 0.2) is 20.4 Å². The van der Waals surface area contributed by atoms with Gasteiger partial charge in [0.1, 0.15) is 44.2 Å². The zero-order chi connectivity index (χ0) is 79.7. The fourth-order valence-electron chi connectivity index (χ4n) is 9.40. The summed E-state index contributed by atoms with van der Waals surface area (Å²) in [6, 6.07) is 33.8. The van der Waals surface area contributed by atoms with Crippen LogP contribution < -0.4 is 52.6 Å². The Morgan fingerprint density at radius 1 is 0.431 bits per heavy atom. The Morgan fingerprint density at radius 3 is 0.982 bits per heavy atom. The van der Waals surface area contributed by atoms with Crippen molar-refractivity contribution in [3.63, 3.8) is 0 Å². The van der Waals surface area contributed by atoms with Crippen LogP contribution in [-0.4, -0.2) is 146 Å². The fraction of sp³-hybridized carbons (Fsp3) is 0.0909. The number of anilines is 6. The number of hydrazone groups is 2. The average molecular weight is 1940 g/mol. The van der Waals surface area contributed by atoms with Crippen LogP contribution in [0.25, 0.3) is 24.3 Å². The van der Waals surface area contributed by atoms with Crippen LogP contribution in [0.4, 0.5) is 34.1 Å². The van der Waals surface area contributed by atoms with Gasteiger partial charge in [0.25, 0.3) is 52.3 Å². The maximum absolute atomic E-state index is 13.2. The van der Waals surface area contributed by atoms with Gasteiger partial charge in [0.05, 0.1) is 43.5 Å². The normalized spacial score (nSPS) is 11.9. The number of thiocarbonyl (C=S) groups is 4. The third-order valence-electron chi connectivity index (χ3n) is 14.4. The van der Waals surface area contributed by atoms with Crippen LogP contribution in [0, 0.1) is 0 Å². The number of phenols is 2. The summed E-state index contributed by atoms with van der Waals surface area (Å²) in [6.07, 6.45) is 7.40. The Kier molecular flexibility index (Phi) is 30.8. The van der Waals surface area contributed by atoms with E-state index in [1.807, 2.05) is 0 Å². The lowest BCUT2D eigenvalue weighted by atomic mass is 10.1. The number of benzene rings is 8. The predicted molar refractivity (Wildman–Crippen MR) is 451 cm³/mol. The first kappa shape index (κ1) is 86.6. The molecule has 8 aromatic rings. The molecule has 0 atom stereocenters. The van der Waals surface area contributed by atoms with Gasteiger partial charge >= 0.3 is 0 Å². The topological polar surface area (TPSA) is 429 Å². The molecule has 0 fully saturated rings. The summed E-state index contributed by atoms with van der Waals surface area (Å²) in [5.74, 6) is -1.34. The highest BCUT2D eigenvalue weighted by atomic mass is 79.9. The van der Waals surface area contributed by atoms with E-state index in [1.54, 1.807) is 72.8 Å². The standard InChI is InChI=1S/C66H56Br4Cl2N12O17S8/c67-51-25-37(26-52(68)61(51)87)33-75-81-59(85)35-83(49-17-9-43(71)10-18-49)65(104)79-47-15-7-41(57(31-47)108(95,96)97)3-1-39-5-13-45(29-55(39)106(89,90)91)77-63(102)73-21-23-101-24-22-74-64(103)78-46-14-6-40(56(30-46)107(92,93)94)2-4-42-8-16-48(32-58(42)109(98,99)100)80-66(105)84(50-19-11-44(72)12-20-50)36-60(86)82-76-34-38-27-53(69)62(88)54(70)28-38/h1-20,25-34,87-88H,21-24,35-36H2,(H,79,104)(H,80,105)(H,81,85)(H,82,86)(H2,73,77,102)(H2,74,78,103)(H,89,90,91)(H,92,93,94)(H,95,96,97)(H,98,99,100)/b3-1+,4-2+,75-33+,76-34+. The van der Waals surface area contributed by atoms with Crippen LogP contribution in [0.15, 0.2) is 193 Å². The zero-order valence-electron chi connectivity index (χ0n) is 55.1. The predicted octanol–water partition coefficient (Wildman–Crippen LogP) is 12.8. The SMILES string of the molecule is O=C(CN(C(=S)Nc1ccc(/C=C/c2ccc(NC(=S)NCCOCCNC(=S)Nc3ccc(/C=C/c4ccc(NC(=S)N(CC(=O)N/N=C/c5cc(Br)c(O)c(Br)c5)c5ccc(Cl)cc5)cc4S(=O)(=O)O)c(S(=O)(=O)O)c3)cc2S(=O)(=O)O)c(S(=O)(=O)O)c1)c1ccc(Cl)cc1)N/N=C/c1cc(Br)c(O)c(Br)c1. The molecule has 2 amide bonds. The van der Waals surface area contributed by atoms with E-state index in [4.69, 9.17) is 76.8 Å². The number of halogens is 6. The smallest absolute Gasteiger partial charge is 0.295 e. The Labute approximate surface area is 689 Å². The molecule has 572 valence electrons. The van der Waals surface area contributed by atoms with E-state index >= 15 is 0 Å². The van der Waals surface area contributed by atoms with E-state index < -0.39 is 85.0 Å². The molecule has 0 heterocycles. The second-order valence-corrected chi connectivity index (χ2v) is 33.6. The summed E-state index contributed by atoms with van der Waals surface area (Å²) in [5.41, 5.74) is 6.46. The molecule has 8 aromatic carbocycles. The molecule has 0 radical (unpaired) electrons. The molecule has 0 unspecified atom stereocenters. The minimum Gasteiger partial charge on any atom is -0.506 e. The maximum Gasteiger partial charge on any atom is 0.295 e. The number of phenolic OH excluding ortho intramolecular Hbond substituents is 2. The summed E-state index contributed by atoms with van der Waals surface area (Å²) >= 11 is 47.3. The zero-order valence-corrected chi connectivity index (χ0v) is 69.4. The van der Waals surface area contributed by atoms with E-state index in [-0.39, 0.29) is 103 Å². The van der Waals surface area contributed by atoms with Crippen molar-refractivity contribution < 1.29 is 76.4 Å². The van der Waals surface area contributed by atoms with Crippen molar-refractivity contribution in [2.75, 3.05) is 70.5 Å². The summed E-state index contributed by atoms with van der Waals surface area (Å²) in [4.78, 5) is 26.6. The fourth-order valence-corrected chi connectivity index (χ4v) is 15.9. The Hall–Kier alpha value is -8.02. The maximum atomic E-state index is 13.2. The third kappa shape index (κ3) is 26.0. The molecule has 0 aliphatic rings. The molecule has 0 bridgehead atoms. The summed E-state index contributed by atoms with van der Waals surface area (Å²) < 4.78 is 150. The van der Waals surface area contributed by atoms with E-state index in [9.17, 15) is 71.7 Å². The van der Waals surface area contributed by atoms with Gasteiger partial charge in [-0.1, -0.05) is 71.8 Å². The van der Waals surface area contributed by atoms with Crippen molar-refractivity contribution in [1.82, 2.24) is 21.5 Å². The van der Waals surface area contributed by atoms with Crippen molar-refractivity contribution in [1.29, 1.82) is 0 Å². The first-order valence-electron chi connectivity index (χ1n) is 30.5. The number of amides is 2. The highest BCUT2D eigenvalue weighted by Gasteiger charge is 2.24. The van der Waals surface area contributed by atoms with E-state index in [2.05, 4.69) is 117 Å². The Morgan fingerprint density at radius 2 is 0.706 bits per heavy atom. The van der Waals surface area contributed by atoms with Gasteiger partial charge in [-0.3, -0.25) is 27.8 Å². The lowest BCUT2D eigenvalue weighted by molar-refractivity contribution is -0.120. The average Bonchev–Trinajstić information content (AvgIpc) is 0.836. The van der Waals surface area contributed by atoms with E-state index in [0.29, 0.717) is 50.4 Å². The van der Waals surface area contributed by atoms with E-state index in [0.717, 1.165) is 24.3 Å². The highest BCUT2D eigenvalue weighted by Crippen LogP contribution is 2.35. The van der Waals surface area contributed by atoms with Gasteiger partial charge < -0.3 is 56.7 Å². The van der Waals surface area contributed by atoms with Crippen LogP contribution >= 0.6 is 136 Å². The lowest BCUT2D eigenvalue weighted by Gasteiger charge is -2.25. The number of rotatable bonds is 28. The van der Waals surface area contributed by atoms with Crippen molar-refractivity contribution in [3.8, 4) is 11.5 Å². The van der Waals surface area contributed by atoms with E-state index in [1.165, 1.54) is 95.1 Å².